The molecule has 1 N–H and O–H groups in total. The van der Waals surface area contributed by atoms with Gasteiger partial charge in [-0.3, -0.25) is 9.69 Å². The van der Waals surface area contributed by atoms with Crippen molar-refractivity contribution >= 4 is 40.5 Å². The van der Waals surface area contributed by atoms with Gasteiger partial charge in [0.05, 0.1) is 17.1 Å². The van der Waals surface area contributed by atoms with Crippen molar-refractivity contribution in [2.24, 2.45) is 0 Å². The lowest BCUT2D eigenvalue weighted by Crippen LogP contribution is -2.48. The molecule has 27 heavy (non-hydrogen) atoms. The summed E-state index contributed by atoms with van der Waals surface area (Å²) >= 11 is 12.1. The molecule has 7 heteroatoms. The van der Waals surface area contributed by atoms with Crippen molar-refractivity contribution in [3.8, 4) is 6.07 Å². The molecule has 2 aromatic carbocycles. The average Bonchev–Trinajstić information content (AvgIpc) is 2.64. The summed E-state index contributed by atoms with van der Waals surface area (Å²) in [5.74, 6) is -0.0943. The lowest BCUT2D eigenvalue weighted by atomic mass is 10.1. The summed E-state index contributed by atoms with van der Waals surface area (Å²) in [6, 6.07) is 12.8. The first-order valence-electron chi connectivity index (χ1n) is 8.69. The molecule has 1 saturated heterocycles. The largest absolute Gasteiger partial charge is 0.369 e. The summed E-state index contributed by atoms with van der Waals surface area (Å²) in [5.41, 5.74) is 3.33. The Labute approximate surface area is 169 Å². The molecule has 1 heterocycles. The third-order valence-corrected chi connectivity index (χ3v) is 5.17. The number of anilines is 2. The van der Waals surface area contributed by atoms with Crippen LogP contribution in [0.25, 0.3) is 0 Å². The van der Waals surface area contributed by atoms with E-state index in [0.717, 1.165) is 36.9 Å². The number of nitriles is 1. The van der Waals surface area contributed by atoms with E-state index in [2.05, 4.69) is 22.0 Å². The third kappa shape index (κ3) is 4.92. The lowest BCUT2D eigenvalue weighted by molar-refractivity contribution is -0.117. The van der Waals surface area contributed by atoms with Gasteiger partial charge in [0.15, 0.2) is 0 Å². The molecular formula is C20H20Cl2N4O. The Hall–Kier alpha value is -2.26. The molecule has 0 atom stereocenters. The van der Waals surface area contributed by atoms with Crippen LogP contribution in [0.4, 0.5) is 11.4 Å². The van der Waals surface area contributed by atoms with Gasteiger partial charge in [0.1, 0.15) is 6.07 Å². The van der Waals surface area contributed by atoms with Crippen LogP contribution in [-0.2, 0) is 4.79 Å². The molecule has 3 rings (SSSR count). The number of nitrogens with one attached hydrogen (secondary N) is 1. The SMILES string of the molecule is Cc1ccc(Cl)cc1N1CCN(CC(=O)Nc2ccc(C#N)c(Cl)c2)CC1. The number of hydrogen-bond donors (Lipinski definition) is 1. The van der Waals surface area contributed by atoms with Crippen LogP contribution in [0.2, 0.25) is 10.0 Å². The van der Waals surface area contributed by atoms with Gasteiger partial charge in [-0.25, -0.2) is 0 Å². The summed E-state index contributed by atoms with van der Waals surface area (Å²) in [6.07, 6.45) is 0. The summed E-state index contributed by atoms with van der Waals surface area (Å²) in [6.45, 7) is 5.68. The summed E-state index contributed by atoms with van der Waals surface area (Å²) in [5, 5.41) is 12.8. The van der Waals surface area contributed by atoms with Crippen molar-refractivity contribution < 1.29 is 4.79 Å². The van der Waals surface area contributed by atoms with Crippen LogP contribution in [0.1, 0.15) is 11.1 Å². The number of rotatable bonds is 4. The number of amides is 1. The second kappa shape index (κ2) is 8.62. The molecule has 0 bridgehead atoms. The van der Waals surface area contributed by atoms with Crippen molar-refractivity contribution in [1.82, 2.24) is 4.90 Å². The normalized spacial score (nSPS) is 14.7. The van der Waals surface area contributed by atoms with Crippen molar-refractivity contribution in [3.05, 3.63) is 57.6 Å². The van der Waals surface area contributed by atoms with Gasteiger partial charge >= 0.3 is 0 Å². The molecule has 0 spiro atoms. The number of nitrogens with zero attached hydrogens (tertiary/aromatic N) is 3. The fourth-order valence-corrected chi connectivity index (χ4v) is 3.55. The number of carbonyl (C=O) groups is 1. The van der Waals surface area contributed by atoms with Crippen molar-refractivity contribution in [2.75, 3.05) is 42.9 Å². The van der Waals surface area contributed by atoms with E-state index in [4.69, 9.17) is 28.5 Å². The summed E-state index contributed by atoms with van der Waals surface area (Å²) in [4.78, 5) is 16.7. The monoisotopic (exact) mass is 402 g/mol. The van der Waals surface area contributed by atoms with Gasteiger partial charge in [-0.1, -0.05) is 29.3 Å². The van der Waals surface area contributed by atoms with Crippen LogP contribution in [0.5, 0.6) is 0 Å². The highest BCUT2D eigenvalue weighted by atomic mass is 35.5. The standard InChI is InChI=1S/C20H20Cl2N4O/c1-14-2-4-16(21)10-19(14)26-8-6-25(7-9-26)13-20(27)24-17-5-3-15(12-23)18(22)11-17/h2-5,10-11H,6-9,13H2,1H3,(H,24,27). The third-order valence-electron chi connectivity index (χ3n) is 4.62. The minimum atomic E-state index is -0.0943. The number of benzene rings is 2. The summed E-state index contributed by atoms with van der Waals surface area (Å²) in [7, 11) is 0. The van der Waals surface area contributed by atoms with E-state index >= 15 is 0 Å². The van der Waals surface area contributed by atoms with E-state index in [9.17, 15) is 4.79 Å². The number of halogens is 2. The predicted molar refractivity (Wildman–Crippen MR) is 110 cm³/mol. The number of hydrogen-bond acceptors (Lipinski definition) is 4. The zero-order valence-corrected chi connectivity index (χ0v) is 16.5. The molecule has 140 valence electrons. The molecule has 1 aliphatic rings. The van der Waals surface area contributed by atoms with Gasteiger partial charge in [-0.15, -0.1) is 0 Å². The highest BCUT2D eigenvalue weighted by Gasteiger charge is 2.20. The van der Waals surface area contributed by atoms with E-state index < -0.39 is 0 Å². The van der Waals surface area contributed by atoms with Gasteiger partial charge in [0.25, 0.3) is 0 Å². The van der Waals surface area contributed by atoms with Gasteiger partial charge in [-0.2, -0.15) is 5.26 Å². The van der Waals surface area contributed by atoms with Crippen molar-refractivity contribution in [2.45, 2.75) is 6.92 Å². The van der Waals surface area contributed by atoms with E-state index in [1.807, 2.05) is 24.3 Å². The first-order valence-corrected chi connectivity index (χ1v) is 9.45. The van der Waals surface area contributed by atoms with Crippen LogP contribution in [-0.4, -0.2) is 43.5 Å². The summed E-state index contributed by atoms with van der Waals surface area (Å²) < 4.78 is 0. The second-order valence-electron chi connectivity index (χ2n) is 6.55. The molecular weight excluding hydrogens is 383 g/mol. The topological polar surface area (TPSA) is 59.4 Å². The Morgan fingerprint density at radius 1 is 1.15 bits per heavy atom. The highest BCUT2D eigenvalue weighted by molar-refractivity contribution is 6.32. The molecule has 0 aromatic heterocycles. The quantitative estimate of drug-likeness (QED) is 0.841. The maximum absolute atomic E-state index is 12.3. The maximum atomic E-state index is 12.3. The molecule has 1 fully saturated rings. The molecule has 0 aliphatic carbocycles. The van der Waals surface area contributed by atoms with Crippen LogP contribution in [0, 0.1) is 18.3 Å². The zero-order valence-electron chi connectivity index (χ0n) is 15.0. The first kappa shape index (κ1) is 19.5. The maximum Gasteiger partial charge on any atom is 0.238 e. The Kier molecular flexibility index (Phi) is 6.22. The first-order chi connectivity index (χ1) is 13.0. The predicted octanol–water partition coefficient (Wildman–Crippen LogP) is 3.93. The molecule has 0 saturated carbocycles. The van der Waals surface area contributed by atoms with Gasteiger partial charge in [0.2, 0.25) is 5.91 Å². The molecule has 2 aromatic rings. The second-order valence-corrected chi connectivity index (χ2v) is 7.39. The van der Waals surface area contributed by atoms with Crippen LogP contribution < -0.4 is 10.2 Å². The Morgan fingerprint density at radius 2 is 1.89 bits per heavy atom. The fraction of sp³-hybridized carbons (Fsp3) is 0.300. The molecule has 5 nitrogen and oxygen atoms in total. The minimum absolute atomic E-state index is 0.0943. The van der Waals surface area contributed by atoms with Crippen molar-refractivity contribution in [3.63, 3.8) is 0 Å². The molecule has 1 amide bonds. The number of carbonyl (C=O) groups excluding carboxylic acids is 1. The van der Waals surface area contributed by atoms with Crippen LogP contribution in [0.15, 0.2) is 36.4 Å². The fourth-order valence-electron chi connectivity index (χ4n) is 3.16. The minimum Gasteiger partial charge on any atom is -0.369 e. The van der Waals surface area contributed by atoms with E-state index in [-0.39, 0.29) is 5.91 Å². The van der Waals surface area contributed by atoms with Crippen LogP contribution in [0.3, 0.4) is 0 Å². The lowest BCUT2D eigenvalue weighted by Gasteiger charge is -2.36. The average molecular weight is 403 g/mol. The van der Waals surface area contributed by atoms with Crippen LogP contribution >= 0.6 is 23.2 Å². The Morgan fingerprint density at radius 3 is 2.56 bits per heavy atom. The number of aryl methyl sites for hydroxylation is 1. The zero-order chi connectivity index (χ0) is 19.4. The van der Waals surface area contributed by atoms with Crippen molar-refractivity contribution in [1.29, 1.82) is 5.26 Å². The Balaban J connectivity index is 1.53. The number of piperazine rings is 1. The molecule has 0 radical (unpaired) electrons. The molecule has 0 unspecified atom stereocenters. The smallest absolute Gasteiger partial charge is 0.238 e. The molecule has 1 aliphatic heterocycles. The van der Waals surface area contributed by atoms with Gasteiger partial charge in [-0.05, 0) is 42.8 Å². The Bertz CT molecular complexity index is 886. The van der Waals surface area contributed by atoms with Gasteiger partial charge in [0, 0.05) is 42.6 Å². The highest BCUT2D eigenvalue weighted by Crippen LogP contribution is 2.25. The van der Waals surface area contributed by atoms with E-state index in [1.165, 1.54) is 5.56 Å². The van der Waals surface area contributed by atoms with E-state index in [1.54, 1.807) is 18.2 Å². The van der Waals surface area contributed by atoms with E-state index in [0.29, 0.717) is 22.8 Å². The van der Waals surface area contributed by atoms with Gasteiger partial charge < -0.3 is 10.2 Å².